The third-order valence-electron chi connectivity index (χ3n) is 8.82. The van der Waals surface area contributed by atoms with Crippen LogP contribution in [0.2, 0.25) is 0 Å². The van der Waals surface area contributed by atoms with Gasteiger partial charge in [-0.25, -0.2) is 0 Å². The van der Waals surface area contributed by atoms with Crippen molar-refractivity contribution in [2.45, 2.75) is 0 Å². The molecule has 0 aliphatic heterocycles. The smallest absolute Gasteiger partial charge is 0.0468 e. The second-order valence-corrected chi connectivity index (χ2v) is 12.4. The first-order valence-electron chi connectivity index (χ1n) is 15.0. The summed E-state index contributed by atoms with van der Waals surface area (Å²) in [6.45, 7) is 0. The molecule has 9 rings (SSSR count). The van der Waals surface area contributed by atoms with Crippen molar-refractivity contribution in [3.05, 3.63) is 164 Å². The largest absolute Gasteiger partial charge is 0.310 e. The Morgan fingerprint density at radius 2 is 0.773 bits per heavy atom. The molecular formula is C42H27NS. The maximum absolute atomic E-state index is 2.39. The fraction of sp³-hybridized carbons (Fsp3) is 0. The van der Waals surface area contributed by atoms with Gasteiger partial charge in [0.15, 0.2) is 0 Å². The van der Waals surface area contributed by atoms with Crippen molar-refractivity contribution in [2.75, 3.05) is 4.90 Å². The number of fused-ring (bicyclic) bond motifs is 9. The zero-order valence-corrected chi connectivity index (χ0v) is 24.8. The maximum Gasteiger partial charge on any atom is 0.0468 e. The van der Waals surface area contributed by atoms with E-state index in [1.54, 1.807) is 0 Å². The highest BCUT2D eigenvalue weighted by Crippen LogP contribution is 2.42. The first-order chi connectivity index (χ1) is 21.8. The van der Waals surface area contributed by atoms with Gasteiger partial charge in [-0.05, 0) is 104 Å². The second kappa shape index (κ2) is 10.1. The minimum atomic E-state index is 1.14. The van der Waals surface area contributed by atoms with E-state index in [9.17, 15) is 0 Å². The topological polar surface area (TPSA) is 3.24 Å². The van der Waals surface area contributed by atoms with Gasteiger partial charge >= 0.3 is 0 Å². The molecule has 0 atom stereocenters. The fourth-order valence-electron chi connectivity index (χ4n) is 6.77. The lowest BCUT2D eigenvalue weighted by atomic mass is 9.91. The number of hydrogen-bond acceptors (Lipinski definition) is 2. The van der Waals surface area contributed by atoms with Crippen LogP contribution in [0.4, 0.5) is 17.1 Å². The van der Waals surface area contributed by atoms with Gasteiger partial charge in [0.1, 0.15) is 0 Å². The molecule has 9 aromatic rings. The van der Waals surface area contributed by atoms with Crippen molar-refractivity contribution in [1.29, 1.82) is 0 Å². The van der Waals surface area contributed by atoms with Crippen molar-refractivity contribution in [2.24, 2.45) is 0 Å². The Labute approximate surface area is 259 Å². The van der Waals surface area contributed by atoms with Gasteiger partial charge in [-0.3, -0.25) is 0 Å². The van der Waals surface area contributed by atoms with E-state index in [2.05, 4.69) is 169 Å². The number of para-hydroxylation sites is 2. The molecule has 1 heterocycles. The minimum Gasteiger partial charge on any atom is -0.310 e. The van der Waals surface area contributed by atoms with Gasteiger partial charge in [0.2, 0.25) is 0 Å². The van der Waals surface area contributed by atoms with Crippen molar-refractivity contribution < 1.29 is 0 Å². The summed E-state index contributed by atoms with van der Waals surface area (Å²) in [6.07, 6.45) is 0. The summed E-state index contributed by atoms with van der Waals surface area (Å²) in [5, 5.41) is 10.3. The van der Waals surface area contributed by atoms with Gasteiger partial charge in [0, 0.05) is 37.2 Å². The first-order valence-corrected chi connectivity index (χ1v) is 15.8. The summed E-state index contributed by atoms with van der Waals surface area (Å²) in [6, 6.07) is 59.7. The summed E-state index contributed by atoms with van der Waals surface area (Å²) in [5.74, 6) is 0. The average Bonchev–Trinajstić information content (AvgIpc) is 3.47. The Hall–Kier alpha value is -5.44. The normalized spacial score (nSPS) is 11.6. The van der Waals surface area contributed by atoms with E-state index >= 15 is 0 Å². The molecule has 206 valence electrons. The molecule has 8 aromatic carbocycles. The molecule has 2 heteroatoms. The van der Waals surface area contributed by atoms with Crippen LogP contribution in [0.5, 0.6) is 0 Å². The molecule has 0 aliphatic carbocycles. The van der Waals surface area contributed by atoms with Crippen LogP contribution in [0.15, 0.2) is 164 Å². The fourth-order valence-corrected chi connectivity index (χ4v) is 7.86. The quantitative estimate of drug-likeness (QED) is 0.188. The van der Waals surface area contributed by atoms with E-state index in [0.717, 1.165) is 17.1 Å². The van der Waals surface area contributed by atoms with E-state index < -0.39 is 0 Å². The Morgan fingerprint density at radius 1 is 0.295 bits per heavy atom. The Morgan fingerprint density at radius 3 is 1.45 bits per heavy atom. The van der Waals surface area contributed by atoms with Crippen molar-refractivity contribution in [1.82, 2.24) is 0 Å². The van der Waals surface area contributed by atoms with E-state index in [-0.39, 0.29) is 0 Å². The molecule has 0 N–H and O–H groups in total. The van der Waals surface area contributed by atoms with Gasteiger partial charge in [0.05, 0.1) is 0 Å². The van der Waals surface area contributed by atoms with Gasteiger partial charge in [0.25, 0.3) is 0 Å². The second-order valence-electron chi connectivity index (χ2n) is 11.4. The monoisotopic (exact) mass is 577 g/mol. The van der Waals surface area contributed by atoms with Gasteiger partial charge < -0.3 is 4.90 Å². The number of hydrogen-bond donors (Lipinski definition) is 0. The number of anilines is 3. The van der Waals surface area contributed by atoms with Crippen LogP contribution in [-0.2, 0) is 0 Å². The van der Waals surface area contributed by atoms with Crippen LogP contribution in [0.1, 0.15) is 0 Å². The number of benzene rings is 8. The SMILES string of the molecule is c1ccc(N(c2ccccc2)c2ccc3c4ccc(-c5ccc6sc7ccccc7c6c5)cc4c4ccccc4c3c2)cc1. The third kappa shape index (κ3) is 4.00. The van der Waals surface area contributed by atoms with Crippen LogP contribution in [0.3, 0.4) is 0 Å². The predicted molar refractivity (Wildman–Crippen MR) is 192 cm³/mol. The van der Waals surface area contributed by atoms with E-state index in [0.29, 0.717) is 0 Å². The zero-order chi connectivity index (χ0) is 29.0. The maximum atomic E-state index is 2.39. The minimum absolute atomic E-state index is 1.14. The van der Waals surface area contributed by atoms with E-state index in [1.165, 1.54) is 63.6 Å². The number of thiophene rings is 1. The number of rotatable bonds is 4. The first kappa shape index (κ1) is 25.1. The van der Waals surface area contributed by atoms with Crippen LogP contribution in [0.25, 0.3) is 63.6 Å². The lowest BCUT2D eigenvalue weighted by Crippen LogP contribution is -2.09. The van der Waals surface area contributed by atoms with Crippen LogP contribution >= 0.6 is 11.3 Å². The average molecular weight is 578 g/mol. The standard InChI is InChI=1S/C42H27NS/c1-3-11-30(12-4-1)43(31-13-5-2-6-14-31)32-21-23-36-35-22-19-28(25-38(35)33-15-7-8-16-34(33)39(36)27-32)29-20-24-42-40(26-29)37-17-9-10-18-41(37)44-42/h1-27H. The molecule has 0 bridgehead atoms. The molecule has 0 radical (unpaired) electrons. The van der Waals surface area contributed by atoms with Gasteiger partial charge in [-0.1, -0.05) is 103 Å². The Bertz CT molecular complexity index is 2430. The molecule has 0 saturated heterocycles. The summed E-state index contributed by atoms with van der Waals surface area (Å²) in [4.78, 5) is 2.34. The van der Waals surface area contributed by atoms with Crippen molar-refractivity contribution in [3.8, 4) is 11.1 Å². The van der Waals surface area contributed by atoms with Crippen LogP contribution in [0, 0.1) is 0 Å². The van der Waals surface area contributed by atoms with Crippen molar-refractivity contribution in [3.63, 3.8) is 0 Å². The van der Waals surface area contributed by atoms with E-state index in [1.807, 2.05) is 11.3 Å². The molecule has 0 unspecified atom stereocenters. The highest BCUT2D eigenvalue weighted by atomic mass is 32.1. The van der Waals surface area contributed by atoms with Gasteiger partial charge in [-0.2, -0.15) is 0 Å². The summed E-state index contributed by atoms with van der Waals surface area (Å²) >= 11 is 1.87. The van der Waals surface area contributed by atoms with Crippen LogP contribution in [-0.4, -0.2) is 0 Å². The molecule has 1 aromatic heterocycles. The molecule has 0 aliphatic rings. The summed E-state index contributed by atoms with van der Waals surface area (Å²) < 4.78 is 2.68. The lowest BCUT2D eigenvalue weighted by Gasteiger charge is -2.26. The Balaban J connectivity index is 1.25. The Kier molecular flexibility index (Phi) is 5.75. The van der Waals surface area contributed by atoms with Crippen molar-refractivity contribution >= 4 is 80.9 Å². The molecular weight excluding hydrogens is 551 g/mol. The van der Waals surface area contributed by atoms with Crippen LogP contribution < -0.4 is 4.90 Å². The molecule has 0 amide bonds. The third-order valence-corrected chi connectivity index (χ3v) is 9.97. The predicted octanol–water partition coefficient (Wildman–Crippen LogP) is 12.7. The molecule has 0 spiro atoms. The molecule has 1 nitrogen and oxygen atoms in total. The highest BCUT2D eigenvalue weighted by molar-refractivity contribution is 7.25. The van der Waals surface area contributed by atoms with E-state index in [4.69, 9.17) is 0 Å². The summed E-state index contributed by atoms with van der Waals surface area (Å²) in [7, 11) is 0. The molecule has 0 fully saturated rings. The molecule has 0 saturated carbocycles. The summed E-state index contributed by atoms with van der Waals surface area (Å²) in [5.41, 5.74) is 5.93. The number of nitrogens with zero attached hydrogens (tertiary/aromatic N) is 1. The lowest BCUT2D eigenvalue weighted by molar-refractivity contribution is 1.29. The zero-order valence-electron chi connectivity index (χ0n) is 23.9. The highest BCUT2D eigenvalue weighted by Gasteiger charge is 2.16. The van der Waals surface area contributed by atoms with Gasteiger partial charge in [-0.15, -0.1) is 11.3 Å². The molecule has 44 heavy (non-hydrogen) atoms.